The Morgan fingerprint density at radius 2 is 2.00 bits per heavy atom. The molecule has 0 N–H and O–H groups in total. The molecule has 1 rings (SSSR count). The molecule has 0 saturated carbocycles. The van der Waals surface area contributed by atoms with Crippen molar-refractivity contribution in [3.05, 3.63) is 29.8 Å². The van der Waals surface area contributed by atoms with Crippen molar-refractivity contribution in [3.63, 3.8) is 0 Å². The van der Waals surface area contributed by atoms with E-state index in [4.69, 9.17) is 17.0 Å². The van der Waals surface area contributed by atoms with Crippen LogP contribution in [0.4, 0.5) is 0 Å². The molecule has 94 valence electrons. The van der Waals surface area contributed by atoms with E-state index in [0.717, 1.165) is 18.8 Å². The summed E-state index contributed by atoms with van der Waals surface area (Å²) >= 11 is 5.11. The molecule has 0 saturated heterocycles. The van der Waals surface area contributed by atoms with Crippen LogP contribution in [0.2, 0.25) is 0 Å². The lowest BCUT2D eigenvalue weighted by Crippen LogP contribution is -2.25. The highest BCUT2D eigenvalue weighted by Crippen LogP contribution is 2.15. The zero-order chi connectivity index (χ0) is 12.8. The zero-order valence-electron chi connectivity index (χ0n) is 10.9. The number of rotatable bonds is 4. The molecule has 0 bridgehead atoms. The van der Waals surface area contributed by atoms with E-state index in [1.54, 1.807) is 4.90 Å². The van der Waals surface area contributed by atoms with Crippen molar-refractivity contribution >= 4 is 17.4 Å². The Balaban J connectivity index is 2.69. The van der Waals surface area contributed by atoms with Crippen LogP contribution in [0, 0.1) is 0 Å². The van der Waals surface area contributed by atoms with Gasteiger partial charge in [-0.05, 0) is 43.5 Å². The molecule has 0 aromatic heterocycles. The standard InChI is InChI=1S/C13H20N2OS/c1-5-15(4)10-11-7-6-8-12(9-11)16-13(17)14(2)3/h6-9H,5,10H2,1-4H3. The average molecular weight is 252 g/mol. The maximum atomic E-state index is 5.57. The summed E-state index contributed by atoms with van der Waals surface area (Å²) in [6.07, 6.45) is 0. The van der Waals surface area contributed by atoms with Gasteiger partial charge in [-0.1, -0.05) is 19.1 Å². The second-order valence-corrected chi connectivity index (χ2v) is 4.59. The van der Waals surface area contributed by atoms with E-state index < -0.39 is 0 Å². The van der Waals surface area contributed by atoms with E-state index in [2.05, 4.69) is 24.9 Å². The van der Waals surface area contributed by atoms with E-state index in [9.17, 15) is 0 Å². The van der Waals surface area contributed by atoms with Gasteiger partial charge in [0.05, 0.1) is 0 Å². The van der Waals surface area contributed by atoms with Crippen LogP contribution < -0.4 is 4.74 Å². The monoisotopic (exact) mass is 252 g/mol. The molecule has 1 aromatic carbocycles. The average Bonchev–Trinajstić information content (AvgIpc) is 2.29. The molecule has 0 atom stereocenters. The van der Waals surface area contributed by atoms with E-state index in [1.165, 1.54) is 5.56 Å². The molecular formula is C13H20N2OS. The van der Waals surface area contributed by atoms with Crippen molar-refractivity contribution < 1.29 is 4.74 Å². The summed E-state index contributed by atoms with van der Waals surface area (Å²) in [5, 5.41) is 0.478. The van der Waals surface area contributed by atoms with E-state index in [1.807, 2.05) is 32.3 Å². The highest BCUT2D eigenvalue weighted by molar-refractivity contribution is 7.80. The largest absolute Gasteiger partial charge is 0.432 e. The third-order valence-corrected chi connectivity index (χ3v) is 2.91. The number of benzene rings is 1. The van der Waals surface area contributed by atoms with Crippen LogP contribution >= 0.6 is 12.2 Å². The topological polar surface area (TPSA) is 15.7 Å². The summed E-state index contributed by atoms with van der Waals surface area (Å²) in [7, 11) is 5.84. The lowest BCUT2D eigenvalue weighted by Gasteiger charge is -2.16. The molecular weight excluding hydrogens is 232 g/mol. The Kier molecular flexibility index (Phi) is 5.38. The number of thiocarbonyl (C=S) groups is 1. The first-order valence-electron chi connectivity index (χ1n) is 5.69. The molecule has 3 nitrogen and oxygen atoms in total. The molecule has 0 aliphatic carbocycles. The third kappa shape index (κ3) is 4.71. The van der Waals surface area contributed by atoms with Crippen molar-refractivity contribution in [1.82, 2.24) is 9.80 Å². The Bertz CT molecular complexity index is 379. The second kappa shape index (κ2) is 6.57. The van der Waals surface area contributed by atoms with Gasteiger partial charge in [0.15, 0.2) is 0 Å². The first-order valence-corrected chi connectivity index (χ1v) is 6.10. The van der Waals surface area contributed by atoms with Gasteiger partial charge in [-0.15, -0.1) is 0 Å². The van der Waals surface area contributed by atoms with Crippen LogP contribution in [-0.4, -0.2) is 42.7 Å². The van der Waals surface area contributed by atoms with Gasteiger partial charge in [0.1, 0.15) is 5.75 Å². The first-order chi connectivity index (χ1) is 8.02. The minimum Gasteiger partial charge on any atom is -0.432 e. The third-order valence-electron chi connectivity index (χ3n) is 2.46. The molecule has 0 aliphatic heterocycles. The predicted molar refractivity (Wildman–Crippen MR) is 75.4 cm³/mol. The molecule has 0 amide bonds. The zero-order valence-corrected chi connectivity index (χ0v) is 11.8. The van der Waals surface area contributed by atoms with Gasteiger partial charge < -0.3 is 14.5 Å². The minimum atomic E-state index is 0.478. The van der Waals surface area contributed by atoms with E-state index in [0.29, 0.717) is 5.17 Å². The quantitative estimate of drug-likeness (QED) is 0.764. The summed E-state index contributed by atoms with van der Waals surface area (Å²) in [6, 6.07) is 8.04. The number of nitrogens with zero attached hydrogens (tertiary/aromatic N) is 2. The van der Waals surface area contributed by atoms with Crippen LogP contribution in [0.1, 0.15) is 12.5 Å². The maximum Gasteiger partial charge on any atom is 0.264 e. The SMILES string of the molecule is CCN(C)Cc1cccc(OC(=S)N(C)C)c1. The fraction of sp³-hybridized carbons (Fsp3) is 0.462. The van der Waals surface area contributed by atoms with Gasteiger partial charge in [-0.3, -0.25) is 0 Å². The maximum absolute atomic E-state index is 5.57. The van der Waals surface area contributed by atoms with Crippen molar-refractivity contribution in [3.8, 4) is 5.75 Å². The minimum absolute atomic E-state index is 0.478. The second-order valence-electron chi connectivity index (χ2n) is 4.24. The van der Waals surface area contributed by atoms with Crippen molar-refractivity contribution in [2.75, 3.05) is 27.7 Å². The number of ether oxygens (including phenoxy) is 1. The number of hydrogen-bond acceptors (Lipinski definition) is 3. The van der Waals surface area contributed by atoms with Crippen LogP contribution in [-0.2, 0) is 6.54 Å². The van der Waals surface area contributed by atoms with Gasteiger partial charge in [0.2, 0.25) is 0 Å². The van der Waals surface area contributed by atoms with Gasteiger partial charge >= 0.3 is 0 Å². The lowest BCUT2D eigenvalue weighted by atomic mass is 10.2. The summed E-state index contributed by atoms with van der Waals surface area (Å²) in [6.45, 7) is 4.09. The van der Waals surface area contributed by atoms with E-state index >= 15 is 0 Å². The van der Waals surface area contributed by atoms with Crippen LogP contribution in [0.3, 0.4) is 0 Å². The summed E-state index contributed by atoms with van der Waals surface area (Å²) < 4.78 is 5.57. The lowest BCUT2D eigenvalue weighted by molar-refractivity contribution is 0.345. The molecule has 0 fully saturated rings. The molecule has 0 radical (unpaired) electrons. The summed E-state index contributed by atoms with van der Waals surface area (Å²) in [5.74, 6) is 0.797. The van der Waals surface area contributed by atoms with Crippen LogP contribution in [0.15, 0.2) is 24.3 Å². The van der Waals surface area contributed by atoms with Gasteiger partial charge in [0.25, 0.3) is 5.17 Å². The highest BCUT2D eigenvalue weighted by atomic mass is 32.1. The predicted octanol–water partition coefficient (Wildman–Crippen LogP) is 2.36. The summed E-state index contributed by atoms with van der Waals surface area (Å²) in [5.41, 5.74) is 1.23. The Hall–Kier alpha value is -1.13. The molecule has 1 aromatic rings. The van der Waals surface area contributed by atoms with Crippen LogP contribution in [0.25, 0.3) is 0 Å². The van der Waals surface area contributed by atoms with Gasteiger partial charge in [-0.25, -0.2) is 0 Å². The van der Waals surface area contributed by atoms with Crippen molar-refractivity contribution in [2.45, 2.75) is 13.5 Å². The molecule has 0 heterocycles. The fourth-order valence-electron chi connectivity index (χ4n) is 1.32. The highest BCUT2D eigenvalue weighted by Gasteiger charge is 2.04. The molecule has 0 aliphatic rings. The smallest absolute Gasteiger partial charge is 0.264 e. The molecule has 4 heteroatoms. The first kappa shape index (κ1) is 13.9. The van der Waals surface area contributed by atoms with Gasteiger partial charge in [-0.2, -0.15) is 0 Å². The Morgan fingerprint density at radius 1 is 1.29 bits per heavy atom. The van der Waals surface area contributed by atoms with Crippen LogP contribution in [0.5, 0.6) is 5.75 Å². The Morgan fingerprint density at radius 3 is 2.59 bits per heavy atom. The molecule has 0 spiro atoms. The molecule has 17 heavy (non-hydrogen) atoms. The Labute approximate surface area is 109 Å². The van der Waals surface area contributed by atoms with Gasteiger partial charge in [0, 0.05) is 20.6 Å². The van der Waals surface area contributed by atoms with E-state index in [-0.39, 0.29) is 0 Å². The fourth-order valence-corrected chi connectivity index (χ4v) is 1.42. The normalized spacial score (nSPS) is 10.4. The van der Waals surface area contributed by atoms with Crippen molar-refractivity contribution in [2.24, 2.45) is 0 Å². The number of hydrogen-bond donors (Lipinski definition) is 0. The summed E-state index contributed by atoms with van der Waals surface area (Å²) in [4.78, 5) is 4.02. The molecule has 0 unspecified atom stereocenters. The van der Waals surface area contributed by atoms with Crippen molar-refractivity contribution in [1.29, 1.82) is 0 Å².